The number of anilines is 2. The number of nitrogens with zero attached hydrogens (tertiary/aromatic N) is 4. The molecule has 0 fully saturated rings. The molecule has 1 aliphatic rings. The number of aromatic nitrogens is 2. The van der Waals surface area contributed by atoms with E-state index in [1.54, 1.807) is 0 Å². The van der Waals surface area contributed by atoms with Gasteiger partial charge in [-0.15, -0.1) is 0 Å². The lowest BCUT2D eigenvalue weighted by Crippen LogP contribution is -2.30. The van der Waals surface area contributed by atoms with E-state index in [1.807, 2.05) is 0 Å². The molecule has 0 saturated carbocycles. The minimum Gasteiger partial charge on any atom is -0.364 e. The molecule has 1 amide bonds. The molecule has 12 nitrogen and oxygen atoms in total. The molecule has 13 heteroatoms. The van der Waals surface area contributed by atoms with Crippen LogP contribution in [0.5, 0.6) is 0 Å². The second kappa shape index (κ2) is 10.5. The van der Waals surface area contributed by atoms with Crippen LogP contribution in [0.3, 0.4) is 0 Å². The normalized spacial score (nSPS) is 13.1. The van der Waals surface area contributed by atoms with Crippen molar-refractivity contribution in [2.24, 2.45) is 0 Å². The zero-order valence-corrected chi connectivity index (χ0v) is 17.6. The SMILES string of the molecule is O=C(NNc1ncnc(NCCC2=CCCCC2)c1[N+](=O)[O-])c1ccc(Cl)c([N+](=O)[O-])c1. The summed E-state index contributed by atoms with van der Waals surface area (Å²) in [7, 11) is 0. The van der Waals surface area contributed by atoms with E-state index in [9.17, 15) is 25.0 Å². The topological polar surface area (TPSA) is 165 Å². The molecule has 1 heterocycles. The van der Waals surface area contributed by atoms with E-state index in [0.717, 1.165) is 38.1 Å². The van der Waals surface area contributed by atoms with Gasteiger partial charge < -0.3 is 5.32 Å². The van der Waals surface area contributed by atoms with Crippen LogP contribution in [0.2, 0.25) is 5.02 Å². The first kappa shape index (κ1) is 22.9. The molecule has 0 unspecified atom stereocenters. The summed E-state index contributed by atoms with van der Waals surface area (Å²) in [4.78, 5) is 41.3. The predicted octanol–water partition coefficient (Wildman–Crippen LogP) is 4.01. The molecular weight excluding hydrogens is 442 g/mol. The molecule has 1 aromatic heterocycles. The van der Waals surface area contributed by atoms with Crippen molar-refractivity contribution in [3.63, 3.8) is 0 Å². The quantitative estimate of drug-likeness (QED) is 0.284. The Hall–Kier alpha value is -3.80. The molecule has 2 aromatic rings. The van der Waals surface area contributed by atoms with Gasteiger partial charge in [0.1, 0.15) is 11.3 Å². The molecule has 0 aliphatic heterocycles. The Morgan fingerprint density at radius 1 is 1.12 bits per heavy atom. The number of benzene rings is 1. The lowest BCUT2D eigenvalue weighted by atomic mass is 9.97. The molecule has 1 aromatic carbocycles. The average Bonchev–Trinajstić information content (AvgIpc) is 2.78. The number of hydrazine groups is 1. The van der Waals surface area contributed by atoms with Crippen molar-refractivity contribution in [1.29, 1.82) is 0 Å². The first-order valence-corrected chi connectivity index (χ1v) is 10.2. The van der Waals surface area contributed by atoms with Crippen LogP contribution in [-0.2, 0) is 0 Å². The second-order valence-electron chi connectivity index (χ2n) is 6.96. The Morgan fingerprint density at radius 3 is 2.59 bits per heavy atom. The summed E-state index contributed by atoms with van der Waals surface area (Å²) in [5.74, 6) is -0.988. The Bertz CT molecular complexity index is 1080. The fourth-order valence-corrected chi connectivity index (χ4v) is 3.41. The highest BCUT2D eigenvalue weighted by Gasteiger charge is 2.24. The maximum Gasteiger partial charge on any atom is 0.354 e. The minimum atomic E-state index is -0.767. The third kappa shape index (κ3) is 5.66. The highest BCUT2D eigenvalue weighted by atomic mass is 35.5. The number of carbonyl (C=O) groups excluding carboxylic acids is 1. The van der Waals surface area contributed by atoms with Gasteiger partial charge in [-0.1, -0.05) is 23.3 Å². The molecule has 3 N–H and O–H groups in total. The van der Waals surface area contributed by atoms with Crippen molar-refractivity contribution < 1.29 is 14.6 Å². The van der Waals surface area contributed by atoms with Gasteiger partial charge in [0.15, 0.2) is 0 Å². The summed E-state index contributed by atoms with van der Waals surface area (Å²) in [6.07, 6.45) is 8.46. The molecular formula is C19H20ClN7O5. The maximum absolute atomic E-state index is 12.3. The van der Waals surface area contributed by atoms with E-state index >= 15 is 0 Å². The van der Waals surface area contributed by atoms with Gasteiger partial charge in [-0.25, -0.2) is 9.97 Å². The van der Waals surface area contributed by atoms with E-state index in [-0.39, 0.29) is 22.2 Å². The standard InChI is InChI=1S/C19H20ClN7O5/c20-14-7-6-13(10-15(14)26(29)30)19(28)25-24-18-16(27(31)32)17(22-11-23-18)21-9-8-12-4-2-1-3-5-12/h4,6-7,10-11H,1-3,5,8-9H2,(H,25,28)(H2,21,22,23,24). The van der Waals surface area contributed by atoms with Gasteiger partial charge in [-0.05, 0) is 44.2 Å². The number of hydrogen-bond acceptors (Lipinski definition) is 9. The van der Waals surface area contributed by atoms with Crippen molar-refractivity contribution in [3.05, 3.63) is 67.0 Å². The molecule has 0 radical (unpaired) electrons. The van der Waals surface area contributed by atoms with Crippen molar-refractivity contribution in [1.82, 2.24) is 15.4 Å². The number of halogens is 1. The largest absolute Gasteiger partial charge is 0.364 e. The first-order valence-electron chi connectivity index (χ1n) is 9.78. The summed E-state index contributed by atoms with van der Waals surface area (Å²) < 4.78 is 0. The van der Waals surface area contributed by atoms with Gasteiger partial charge in [0, 0.05) is 18.2 Å². The van der Waals surface area contributed by atoms with E-state index in [2.05, 4.69) is 32.2 Å². The maximum atomic E-state index is 12.3. The van der Waals surface area contributed by atoms with Gasteiger partial charge in [0.2, 0.25) is 11.6 Å². The number of nitro groups is 2. The summed E-state index contributed by atoms with van der Waals surface area (Å²) in [6, 6.07) is 3.50. The van der Waals surface area contributed by atoms with Crippen molar-refractivity contribution in [3.8, 4) is 0 Å². The Balaban J connectivity index is 1.69. The number of allylic oxidation sites excluding steroid dienone is 1. The monoisotopic (exact) mass is 461 g/mol. The Labute approximate surface area is 187 Å². The van der Waals surface area contributed by atoms with Gasteiger partial charge in [-0.3, -0.25) is 35.9 Å². The molecule has 0 spiro atoms. The second-order valence-corrected chi connectivity index (χ2v) is 7.37. The van der Waals surface area contributed by atoms with Crippen molar-refractivity contribution >= 4 is 40.5 Å². The van der Waals surface area contributed by atoms with Crippen LogP contribution in [-0.4, -0.2) is 32.3 Å². The van der Waals surface area contributed by atoms with Crippen molar-refractivity contribution in [2.75, 3.05) is 17.3 Å². The first-order chi connectivity index (χ1) is 15.4. The van der Waals surface area contributed by atoms with E-state index in [1.165, 1.54) is 24.1 Å². The summed E-state index contributed by atoms with van der Waals surface area (Å²) >= 11 is 5.74. The number of amides is 1. The van der Waals surface area contributed by atoms with Crippen LogP contribution in [0.1, 0.15) is 42.5 Å². The molecule has 0 saturated heterocycles. The van der Waals surface area contributed by atoms with Crippen LogP contribution >= 0.6 is 11.6 Å². The smallest absolute Gasteiger partial charge is 0.354 e. The van der Waals surface area contributed by atoms with E-state index < -0.39 is 27.1 Å². The van der Waals surface area contributed by atoms with Gasteiger partial charge in [-0.2, -0.15) is 0 Å². The fourth-order valence-electron chi connectivity index (χ4n) is 3.23. The molecule has 0 bridgehead atoms. The number of rotatable bonds is 9. The average molecular weight is 462 g/mol. The zero-order chi connectivity index (χ0) is 23.1. The van der Waals surface area contributed by atoms with Crippen LogP contribution in [0, 0.1) is 20.2 Å². The fraction of sp³-hybridized carbons (Fsp3) is 0.316. The highest BCUT2D eigenvalue weighted by molar-refractivity contribution is 6.32. The van der Waals surface area contributed by atoms with Gasteiger partial charge in [0.05, 0.1) is 9.85 Å². The number of carbonyl (C=O) groups is 1. The van der Waals surface area contributed by atoms with E-state index in [4.69, 9.17) is 11.6 Å². The van der Waals surface area contributed by atoms with E-state index in [0.29, 0.717) is 6.54 Å². The lowest BCUT2D eigenvalue weighted by molar-refractivity contribution is -0.384. The molecule has 32 heavy (non-hydrogen) atoms. The number of nitrogens with one attached hydrogen (secondary N) is 3. The van der Waals surface area contributed by atoms with Crippen LogP contribution in [0.25, 0.3) is 0 Å². The minimum absolute atomic E-state index is 0.0142. The highest BCUT2D eigenvalue weighted by Crippen LogP contribution is 2.29. The van der Waals surface area contributed by atoms with Crippen LogP contribution in [0.15, 0.2) is 36.2 Å². The van der Waals surface area contributed by atoms with Crippen molar-refractivity contribution in [2.45, 2.75) is 32.1 Å². The number of hydrogen-bond donors (Lipinski definition) is 3. The van der Waals surface area contributed by atoms with Crippen LogP contribution < -0.4 is 16.2 Å². The molecule has 168 valence electrons. The molecule has 3 rings (SSSR count). The summed E-state index contributed by atoms with van der Waals surface area (Å²) in [5.41, 5.74) is 5.00. The summed E-state index contributed by atoms with van der Waals surface area (Å²) in [5, 5.41) is 25.4. The van der Waals surface area contributed by atoms with Gasteiger partial charge >= 0.3 is 5.69 Å². The zero-order valence-electron chi connectivity index (χ0n) is 16.8. The van der Waals surface area contributed by atoms with Crippen LogP contribution in [0.4, 0.5) is 23.0 Å². The molecule has 0 atom stereocenters. The predicted molar refractivity (Wildman–Crippen MR) is 118 cm³/mol. The molecule has 1 aliphatic carbocycles. The third-order valence-corrected chi connectivity index (χ3v) is 5.15. The third-order valence-electron chi connectivity index (χ3n) is 4.83. The Morgan fingerprint density at radius 2 is 1.91 bits per heavy atom. The van der Waals surface area contributed by atoms with Gasteiger partial charge in [0.25, 0.3) is 11.6 Å². The summed E-state index contributed by atoms with van der Waals surface area (Å²) in [6.45, 7) is 0.462. The Kier molecular flexibility index (Phi) is 7.49. The lowest BCUT2D eigenvalue weighted by Gasteiger charge is -2.14. The number of nitro benzene ring substituents is 1.